The summed E-state index contributed by atoms with van der Waals surface area (Å²) in [7, 11) is 0. The number of rotatable bonds is 5. The van der Waals surface area contributed by atoms with Gasteiger partial charge in [-0.25, -0.2) is 0 Å². The van der Waals surface area contributed by atoms with Crippen LogP contribution in [0.15, 0.2) is 0 Å². The van der Waals surface area contributed by atoms with E-state index in [-0.39, 0.29) is 0 Å². The minimum atomic E-state index is 0.300. The zero-order valence-corrected chi connectivity index (χ0v) is 11.8. The molecule has 0 saturated carbocycles. The van der Waals surface area contributed by atoms with Gasteiger partial charge in [-0.05, 0) is 18.8 Å². The number of halogens is 1. The minimum Gasteiger partial charge on any atom is -0.377 e. The number of piperidine rings is 1. The zero-order chi connectivity index (χ0) is 12.0. The van der Waals surface area contributed by atoms with Crippen LogP contribution < -0.4 is 0 Å². The highest BCUT2D eigenvalue weighted by atomic mass is 79.9. The number of hydrogen-bond acceptors (Lipinski definition) is 2. The Hall–Kier alpha value is -0.0900. The highest BCUT2D eigenvalue weighted by Crippen LogP contribution is 2.16. The summed E-state index contributed by atoms with van der Waals surface area (Å²) in [6, 6.07) is 0. The van der Waals surface area contributed by atoms with Gasteiger partial charge in [0, 0.05) is 24.8 Å². The first-order valence-electron chi connectivity index (χ1n) is 6.08. The number of amides is 1. The fourth-order valence-corrected chi connectivity index (χ4v) is 2.15. The number of hydrogen-bond donors (Lipinski definition) is 0. The third-order valence-corrected chi connectivity index (χ3v) is 3.13. The van der Waals surface area contributed by atoms with Crippen LogP contribution in [-0.4, -0.2) is 41.9 Å². The molecule has 1 aliphatic heterocycles. The molecule has 0 aromatic carbocycles. The van der Waals surface area contributed by atoms with E-state index in [1.165, 1.54) is 0 Å². The summed E-state index contributed by atoms with van der Waals surface area (Å²) < 4.78 is 5.66. The molecular formula is C12H22BrNO2. The molecule has 0 aromatic rings. The summed E-state index contributed by atoms with van der Waals surface area (Å²) >= 11 is 3.35. The predicted octanol–water partition coefficient (Wildman–Crippen LogP) is 2.44. The van der Waals surface area contributed by atoms with Crippen LogP contribution >= 0.6 is 15.9 Å². The monoisotopic (exact) mass is 291 g/mol. The quantitative estimate of drug-likeness (QED) is 0.728. The Balaban J connectivity index is 2.23. The van der Waals surface area contributed by atoms with Gasteiger partial charge in [-0.15, -0.1) is 0 Å². The lowest BCUT2D eigenvalue weighted by atomic mass is 10.1. The molecule has 16 heavy (non-hydrogen) atoms. The van der Waals surface area contributed by atoms with Crippen molar-refractivity contribution in [2.75, 3.05) is 25.0 Å². The molecule has 3 nitrogen and oxygen atoms in total. The van der Waals surface area contributed by atoms with Gasteiger partial charge in [0.25, 0.3) is 0 Å². The molecule has 0 spiro atoms. The van der Waals surface area contributed by atoms with Crippen LogP contribution in [0.2, 0.25) is 0 Å². The zero-order valence-electron chi connectivity index (χ0n) is 10.2. The summed E-state index contributed by atoms with van der Waals surface area (Å²) in [6.07, 6.45) is 2.99. The first-order chi connectivity index (χ1) is 7.63. The molecule has 1 fully saturated rings. The highest BCUT2D eigenvalue weighted by molar-refractivity contribution is 9.09. The van der Waals surface area contributed by atoms with E-state index >= 15 is 0 Å². The average Bonchev–Trinajstić information content (AvgIpc) is 2.26. The molecule has 0 unspecified atom stereocenters. The minimum absolute atomic E-state index is 0.300. The number of likely N-dealkylation sites (tertiary alicyclic amines) is 1. The standard InChI is InChI=1S/C12H22BrNO2/c1-10(2)9-12(15)14-6-3-11(4-7-14)16-8-5-13/h10-11H,3-9H2,1-2H3. The van der Waals surface area contributed by atoms with E-state index in [1.807, 2.05) is 4.90 Å². The van der Waals surface area contributed by atoms with Crippen LogP contribution in [0.25, 0.3) is 0 Å². The normalized spacial score (nSPS) is 18.1. The first-order valence-corrected chi connectivity index (χ1v) is 7.21. The van der Waals surface area contributed by atoms with E-state index in [2.05, 4.69) is 29.8 Å². The summed E-state index contributed by atoms with van der Waals surface area (Å²) in [5, 5.41) is 0.888. The average molecular weight is 292 g/mol. The Kier molecular flexibility index (Phi) is 6.36. The maximum atomic E-state index is 11.8. The van der Waals surface area contributed by atoms with Gasteiger partial charge in [-0.1, -0.05) is 29.8 Å². The van der Waals surface area contributed by atoms with Crippen molar-refractivity contribution in [3.05, 3.63) is 0 Å². The largest absolute Gasteiger partial charge is 0.377 e. The van der Waals surface area contributed by atoms with E-state index in [9.17, 15) is 4.79 Å². The van der Waals surface area contributed by atoms with Crippen LogP contribution in [0.4, 0.5) is 0 Å². The molecule has 0 aliphatic carbocycles. The van der Waals surface area contributed by atoms with Gasteiger partial charge < -0.3 is 9.64 Å². The van der Waals surface area contributed by atoms with Crippen LogP contribution in [0.1, 0.15) is 33.1 Å². The third kappa shape index (κ3) is 4.83. The van der Waals surface area contributed by atoms with Crippen molar-refractivity contribution in [2.45, 2.75) is 39.2 Å². The topological polar surface area (TPSA) is 29.5 Å². The van der Waals surface area contributed by atoms with Crippen LogP contribution in [-0.2, 0) is 9.53 Å². The van der Waals surface area contributed by atoms with Gasteiger partial charge in [0.05, 0.1) is 12.7 Å². The molecule has 0 atom stereocenters. The van der Waals surface area contributed by atoms with E-state index < -0.39 is 0 Å². The summed E-state index contributed by atoms with van der Waals surface area (Å²) in [6.45, 7) is 6.66. The molecule has 4 heteroatoms. The maximum absolute atomic E-state index is 11.8. The molecule has 1 aliphatic rings. The predicted molar refractivity (Wildman–Crippen MR) is 68.8 cm³/mol. The van der Waals surface area contributed by atoms with Crippen LogP contribution in [0, 0.1) is 5.92 Å². The van der Waals surface area contributed by atoms with Gasteiger partial charge in [0.2, 0.25) is 5.91 Å². The molecular weight excluding hydrogens is 270 g/mol. The Labute approximate surface area is 107 Å². The van der Waals surface area contributed by atoms with Crippen LogP contribution in [0.3, 0.4) is 0 Å². The fraction of sp³-hybridized carbons (Fsp3) is 0.917. The number of carbonyl (C=O) groups is 1. The summed E-state index contributed by atoms with van der Waals surface area (Å²) in [4.78, 5) is 13.8. The van der Waals surface area contributed by atoms with Gasteiger partial charge in [-0.2, -0.15) is 0 Å². The maximum Gasteiger partial charge on any atom is 0.222 e. The smallest absolute Gasteiger partial charge is 0.222 e. The lowest BCUT2D eigenvalue weighted by molar-refractivity contribution is -0.134. The Morgan fingerprint density at radius 3 is 2.56 bits per heavy atom. The number of carbonyl (C=O) groups excluding carboxylic acids is 1. The Bertz CT molecular complexity index is 213. The molecule has 0 aromatic heterocycles. The molecule has 94 valence electrons. The molecule has 0 N–H and O–H groups in total. The van der Waals surface area contributed by atoms with E-state index in [4.69, 9.17) is 4.74 Å². The van der Waals surface area contributed by atoms with Crippen LogP contribution in [0.5, 0.6) is 0 Å². The third-order valence-electron chi connectivity index (χ3n) is 2.81. The SMILES string of the molecule is CC(C)CC(=O)N1CCC(OCCBr)CC1. The van der Waals surface area contributed by atoms with Crippen molar-refractivity contribution >= 4 is 21.8 Å². The van der Waals surface area contributed by atoms with E-state index in [0.717, 1.165) is 37.9 Å². The molecule has 0 bridgehead atoms. The second kappa shape index (κ2) is 7.28. The second-order valence-corrected chi connectivity index (χ2v) is 5.53. The van der Waals surface area contributed by atoms with Crippen molar-refractivity contribution in [2.24, 2.45) is 5.92 Å². The lowest BCUT2D eigenvalue weighted by Crippen LogP contribution is -2.41. The van der Waals surface area contributed by atoms with Crippen molar-refractivity contribution in [1.82, 2.24) is 4.90 Å². The lowest BCUT2D eigenvalue weighted by Gasteiger charge is -2.32. The van der Waals surface area contributed by atoms with Gasteiger partial charge >= 0.3 is 0 Å². The Morgan fingerprint density at radius 1 is 1.44 bits per heavy atom. The molecule has 1 saturated heterocycles. The summed E-state index contributed by atoms with van der Waals surface area (Å²) in [5.74, 6) is 0.754. The van der Waals surface area contributed by atoms with Gasteiger partial charge in [-0.3, -0.25) is 4.79 Å². The molecule has 1 amide bonds. The molecule has 1 heterocycles. The van der Waals surface area contributed by atoms with Gasteiger partial charge in [0.1, 0.15) is 0 Å². The first kappa shape index (κ1) is 14.0. The van der Waals surface area contributed by atoms with Crippen molar-refractivity contribution in [3.8, 4) is 0 Å². The van der Waals surface area contributed by atoms with E-state index in [1.54, 1.807) is 0 Å². The number of alkyl halides is 1. The van der Waals surface area contributed by atoms with Crippen molar-refractivity contribution in [3.63, 3.8) is 0 Å². The fourth-order valence-electron chi connectivity index (χ4n) is 1.96. The second-order valence-electron chi connectivity index (χ2n) is 4.74. The van der Waals surface area contributed by atoms with Crippen molar-refractivity contribution < 1.29 is 9.53 Å². The molecule has 1 rings (SSSR count). The Morgan fingerprint density at radius 2 is 2.06 bits per heavy atom. The number of nitrogens with zero attached hydrogens (tertiary/aromatic N) is 1. The molecule has 0 radical (unpaired) electrons. The summed E-state index contributed by atoms with van der Waals surface area (Å²) in [5.41, 5.74) is 0. The van der Waals surface area contributed by atoms with Gasteiger partial charge in [0.15, 0.2) is 0 Å². The highest BCUT2D eigenvalue weighted by Gasteiger charge is 2.23. The van der Waals surface area contributed by atoms with E-state index in [0.29, 0.717) is 24.3 Å². The van der Waals surface area contributed by atoms with Crippen molar-refractivity contribution in [1.29, 1.82) is 0 Å². The number of ether oxygens (including phenoxy) is 1.